The molecule has 0 radical (unpaired) electrons. The van der Waals surface area contributed by atoms with Crippen LogP contribution < -0.4 is 10.6 Å². The smallest absolute Gasteiger partial charge is 0.247 e. The molecule has 0 unspecified atom stereocenters. The first-order valence-corrected chi connectivity index (χ1v) is 10.9. The van der Waals surface area contributed by atoms with Gasteiger partial charge in [0.1, 0.15) is 23.3 Å². The van der Waals surface area contributed by atoms with Crippen LogP contribution in [-0.4, -0.2) is 27.9 Å². The van der Waals surface area contributed by atoms with Gasteiger partial charge in [-0.25, -0.2) is 9.37 Å². The minimum Gasteiger partial charge on any atom is -0.339 e. The minimum absolute atomic E-state index is 0.208. The van der Waals surface area contributed by atoms with Crippen LogP contribution >= 0.6 is 0 Å². The molecule has 168 valence electrons. The molecule has 0 fully saturated rings. The van der Waals surface area contributed by atoms with E-state index in [1.165, 1.54) is 12.1 Å². The standard InChI is InChI=1S/C27H22FN5O/c1-29-25(18-5-3-2-4-6-18)27(34)32-22-12-11-21-23(17-13-15-30-16-14-17)24(33-26(21)31-22)19-7-9-20(28)10-8-19/h2-16,25,29H,1H3,(H2,31,32,33,34)/t25-/m0/s1. The van der Waals surface area contributed by atoms with Crippen molar-refractivity contribution in [1.29, 1.82) is 0 Å². The summed E-state index contributed by atoms with van der Waals surface area (Å²) in [5.41, 5.74) is 5.02. The van der Waals surface area contributed by atoms with Crippen LogP contribution in [0, 0.1) is 5.82 Å². The maximum atomic E-state index is 13.5. The zero-order valence-electron chi connectivity index (χ0n) is 18.4. The Morgan fingerprint density at radius 1 is 0.912 bits per heavy atom. The van der Waals surface area contributed by atoms with Crippen LogP contribution in [0.3, 0.4) is 0 Å². The lowest BCUT2D eigenvalue weighted by molar-refractivity contribution is -0.118. The average Bonchev–Trinajstić information content (AvgIpc) is 3.25. The fraction of sp³-hybridized carbons (Fsp3) is 0.0741. The number of hydrogen-bond donors (Lipinski definition) is 3. The molecule has 0 aliphatic carbocycles. The lowest BCUT2D eigenvalue weighted by Gasteiger charge is -2.16. The van der Waals surface area contributed by atoms with E-state index in [2.05, 4.69) is 25.6 Å². The monoisotopic (exact) mass is 451 g/mol. The van der Waals surface area contributed by atoms with Gasteiger partial charge in [-0.3, -0.25) is 9.78 Å². The van der Waals surface area contributed by atoms with Crippen LogP contribution in [-0.2, 0) is 4.79 Å². The summed E-state index contributed by atoms with van der Waals surface area (Å²) in [7, 11) is 1.74. The second-order valence-electron chi connectivity index (χ2n) is 7.83. The Morgan fingerprint density at radius 3 is 2.35 bits per heavy atom. The number of anilines is 1. The van der Waals surface area contributed by atoms with Gasteiger partial charge in [0.25, 0.3) is 0 Å². The second kappa shape index (κ2) is 9.25. The predicted molar refractivity (Wildman–Crippen MR) is 132 cm³/mol. The largest absolute Gasteiger partial charge is 0.339 e. The molecule has 0 saturated heterocycles. The highest BCUT2D eigenvalue weighted by atomic mass is 19.1. The topological polar surface area (TPSA) is 82.7 Å². The number of amides is 1. The number of nitrogens with zero attached hydrogens (tertiary/aromatic N) is 2. The van der Waals surface area contributed by atoms with Gasteiger partial charge in [-0.2, -0.15) is 0 Å². The number of halogens is 1. The number of pyridine rings is 2. The van der Waals surface area contributed by atoms with Crippen molar-refractivity contribution in [3.63, 3.8) is 0 Å². The van der Waals surface area contributed by atoms with Gasteiger partial charge in [0.2, 0.25) is 5.91 Å². The zero-order valence-corrected chi connectivity index (χ0v) is 18.4. The van der Waals surface area contributed by atoms with Crippen LogP contribution in [0.15, 0.2) is 91.3 Å². The Hall–Kier alpha value is -4.36. The van der Waals surface area contributed by atoms with Crippen molar-refractivity contribution in [3.05, 3.63) is 103 Å². The van der Waals surface area contributed by atoms with Crippen molar-refractivity contribution in [3.8, 4) is 22.4 Å². The fourth-order valence-corrected chi connectivity index (χ4v) is 4.09. The molecular formula is C27H22FN5O. The SMILES string of the molecule is CN[C@H](C(=O)Nc1ccc2c(-c3ccncc3)c(-c3ccc(F)cc3)[nH]c2n1)c1ccccc1. The third-order valence-electron chi connectivity index (χ3n) is 5.69. The molecular weight excluding hydrogens is 429 g/mol. The summed E-state index contributed by atoms with van der Waals surface area (Å²) >= 11 is 0. The number of aromatic amines is 1. The van der Waals surface area contributed by atoms with Crippen molar-refractivity contribution in [2.45, 2.75) is 6.04 Å². The Bertz CT molecular complexity index is 1430. The van der Waals surface area contributed by atoms with Gasteiger partial charge >= 0.3 is 0 Å². The number of fused-ring (bicyclic) bond motifs is 1. The molecule has 3 aromatic heterocycles. The third-order valence-corrected chi connectivity index (χ3v) is 5.69. The summed E-state index contributed by atoms with van der Waals surface area (Å²) < 4.78 is 13.5. The van der Waals surface area contributed by atoms with Gasteiger partial charge in [0, 0.05) is 23.3 Å². The maximum Gasteiger partial charge on any atom is 0.247 e. The van der Waals surface area contributed by atoms with Crippen LogP contribution in [0.2, 0.25) is 0 Å². The molecule has 0 spiro atoms. The highest BCUT2D eigenvalue weighted by Crippen LogP contribution is 2.38. The van der Waals surface area contributed by atoms with E-state index in [0.29, 0.717) is 11.5 Å². The second-order valence-corrected chi connectivity index (χ2v) is 7.83. The number of benzene rings is 2. The van der Waals surface area contributed by atoms with E-state index < -0.39 is 6.04 Å². The van der Waals surface area contributed by atoms with E-state index in [1.54, 1.807) is 37.6 Å². The lowest BCUT2D eigenvalue weighted by Crippen LogP contribution is -2.30. The maximum absolute atomic E-state index is 13.5. The number of hydrogen-bond acceptors (Lipinski definition) is 4. The van der Waals surface area contributed by atoms with Crippen LogP contribution in [0.25, 0.3) is 33.4 Å². The Balaban J connectivity index is 1.55. The highest BCUT2D eigenvalue weighted by Gasteiger charge is 2.20. The molecule has 0 aliphatic heterocycles. The number of carbonyl (C=O) groups is 1. The van der Waals surface area contributed by atoms with Crippen molar-refractivity contribution in [2.75, 3.05) is 12.4 Å². The molecule has 5 aromatic rings. The number of carbonyl (C=O) groups excluding carboxylic acids is 1. The van der Waals surface area contributed by atoms with Crippen LogP contribution in [0.5, 0.6) is 0 Å². The third kappa shape index (κ3) is 4.16. The zero-order chi connectivity index (χ0) is 23.5. The Kier molecular flexibility index (Phi) is 5.84. The number of rotatable bonds is 6. The van der Waals surface area contributed by atoms with Gasteiger partial charge in [0.15, 0.2) is 0 Å². The highest BCUT2D eigenvalue weighted by molar-refractivity contribution is 6.03. The molecule has 1 atom stereocenters. The van der Waals surface area contributed by atoms with Crippen LogP contribution in [0.1, 0.15) is 11.6 Å². The minimum atomic E-state index is -0.510. The van der Waals surface area contributed by atoms with E-state index in [-0.39, 0.29) is 11.7 Å². The predicted octanol–water partition coefficient (Wildman–Crippen LogP) is 5.33. The summed E-state index contributed by atoms with van der Waals surface area (Å²) in [6, 6.07) is 22.9. The molecule has 2 aromatic carbocycles. The molecule has 5 rings (SSSR count). The fourth-order valence-electron chi connectivity index (χ4n) is 4.09. The number of likely N-dealkylation sites (N-methyl/N-ethyl adjacent to an activating group) is 1. The van der Waals surface area contributed by atoms with Gasteiger partial charge in [0.05, 0.1) is 5.69 Å². The van der Waals surface area contributed by atoms with E-state index in [0.717, 1.165) is 33.3 Å². The summed E-state index contributed by atoms with van der Waals surface area (Å²) in [6.07, 6.45) is 3.46. The summed E-state index contributed by atoms with van der Waals surface area (Å²) in [4.78, 5) is 25.1. The number of nitrogens with one attached hydrogen (secondary N) is 3. The molecule has 7 heteroatoms. The van der Waals surface area contributed by atoms with Crippen molar-refractivity contribution < 1.29 is 9.18 Å². The number of H-pyrrole nitrogens is 1. The molecule has 3 N–H and O–H groups in total. The molecule has 6 nitrogen and oxygen atoms in total. The van der Waals surface area contributed by atoms with E-state index in [4.69, 9.17) is 0 Å². The average molecular weight is 452 g/mol. The van der Waals surface area contributed by atoms with Gasteiger partial charge in [-0.05, 0) is 72.3 Å². The first-order chi connectivity index (χ1) is 16.6. The number of aromatic nitrogens is 3. The Morgan fingerprint density at radius 2 is 1.65 bits per heavy atom. The molecule has 3 heterocycles. The summed E-state index contributed by atoms with van der Waals surface area (Å²) in [5.74, 6) is -0.0759. The quantitative estimate of drug-likeness (QED) is 0.326. The first kappa shape index (κ1) is 21.5. The van der Waals surface area contributed by atoms with Gasteiger partial charge in [-0.1, -0.05) is 30.3 Å². The lowest BCUT2D eigenvalue weighted by atomic mass is 10.00. The molecule has 0 saturated carbocycles. The van der Waals surface area contributed by atoms with Crippen LogP contribution in [0.4, 0.5) is 10.2 Å². The summed E-state index contributed by atoms with van der Waals surface area (Å²) in [5, 5.41) is 6.85. The van der Waals surface area contributed by atoms with Crippen molar-refractivity contribution in [2.24, 2.45) is 0 Å². The van der Waals surface area contributed by atoms with E-state index in [1.807, 2.05) is 48.5 Å². The molecule has 1 amide bonds. The van der Waals surface area contributed by atoms with Crippen molar-refractivity contribution >= 4 is 22.8 Å². The van der Waals surface area contributed by atoms with E-state index >= 15 is 0 Å². The summed E-state index contributed by atoms with van der Waals surface area (Å²) in [6.45, 7) is 0. The van der Waals surface area contributed by atoms with Crippen molar-refractivity contribution in [1.82, 2.24) is 20.3 Å². The molecule has 34 heavy (non-hydrogen) atoms. The van der Waals surface area contributed by atoms with Gasteiger partial charge < -0.3 is 15.6 Å². The van der Waals surface area contributed by atoms with E-state index in [9.17, 15) is 9.18 Å². The normalized spacial score (nSPS) is 11.9. The van der Waals surface area contributed by atoms with Gasteiger partial charge in [-0.15, -0.1) is 0 Å². The molecule has 0 aliphatic rings. The Labute approximate surface area is 195 Å². The first-order valence-electron chi connectivity index (χ1n) is 10.9. The molecule has 0 bridgehead atoms.